The van der Waals surface area contributed by atoms with Crippen LogP contribution in [0.4, 0.5) is 17.1 Å². The summed E-state index contributed by atoms with van der Waals surface area (Å²) in [7, 11) is 0. The van der Waals surface area contributed by atoms with Crippen molar-refractivity contribution < 1.29 is 4.42 Å². The summed E-state index contributed by atoms with van der Waals surface area (Å²) in [6, 6.07) is 58.4. The molecule has 0 amide bonds. The first-order chi connectivity index (χ1) is 25.2. The van der Waals surface area contributed by atoms with Gasteiger partial charge in [-0.15, -0.1) is 6.42 Å². The fourth-order valence-electron chi connectivity index (χ4n) is 7.46. The predicted octanol–water partition coefficient (Wildman–Crippen LogP) is 13.7. The highest BCUT2D eigenvalue weighted by Gasteiger charge is 2.20. The summed E-state index contributed by atoms with van der Waals surface area (Å²) in [5.74, 6) is 2.64. The summed E-state index contributed by atoms with van der Waals surface area (Å²) in [5.41, 5.74) is 12.0. The van der Waals surface area contributed by atoms with Crippen LogP contribution in [0.5, 0.6) is 0 Å². The molecular weight excluding hydrogens is 619 g/mol. The van der Waals surface area contributed by atoms with Gasteiger partial charge in [-0.1, -0.05) is 121 Å². The molecule has 240 valence electrons. The third-order valence-corrected chi connectivity index (χ3v) is 9.91. The number of hydrogen-bond donors (Lipinski definition) is 0. The number of rotatable bonds is 6. The lowest BCUT2D eigenvalue weighted by atomic mass is 9.91. The summed E-state index contributed by atoms with van der Waals surface area (Å²) in [4.78, 5) is 2.34. The van der Waals surface area contributed by atoms with Gasteiger partial charge in [0.05, 0.1) is 11.1 Å². The van der Waals surface area contributed by atoms with Crippen LogP contribution in [0.1, 0.15) is 11.1 Å². The van der Waals surface area contributed by atoms with Crippen molar-refractivity contribution in [2.24, 2.45) is 0 Å². The Hall–Kier alpha value is -6.82. The van der Waals surface area contributed by atoms with E-state index in [1.165, 1.54) is 43.8 Å². The SMILES string of the molecule is C#C/C=C\c1c(C)cc(-c2ccc(N(c3ccc(-c4ccc5ccccc5c4)cc3)c3cccc4oc5ccccc5c34)cc2)c2ccccc12. The molecule has 8 aromatic carbocycles. The first-order valence-corrected chi connectivity index (χ1v) is 17.2. The van der Waals surface area contributed by atoms with E-state index in [0.717, 1.165) is 50.1 Å². The Morgan fingerprint density at radius 2 is 1.18 bits per heavy atom. The van der Waals surface area contributed by atoms with Crippen molar-refractivity contribution in [3.05, 3.63) is 181 Å². The van der Waals surface area contributed by atoms with E-state index in [9.17, 15) is 0 Å². The molecule has 0 saturated carbocycles. The van der Waals surface area contributed by atoms with Gasteiger partial charge in [-0.05, 0) is 123 Å². The predicted molar refractivity (Wildman–Crippen MR) is 217 cm³/mol. The van der Waals surface area contributed by atoms with Gasteiger partial charge >= 0.3 is 0 Å². The number of benzene rings is 8. The second kappa shape index (κ2) is 12.6. The van der Waals surface area contributed by atoms with Crippen LogP contribution in [0, 0.1) is 19.3 Å². The highest BCUT2D eigenvalue weighted by atomic mass is 16.3. The molecule has 0 fully saturated rings. The molecule has 0 bridgehead atoms. The summed E-state index contributed by atoms with van der Waals surface area (Å²) >= 11 is 0. The van der Waals surface area contributed by atoms with E-state index in [-0.39, 0.29) is 0 Å². The van der Waals surface area contributed by atoms with E-state index in [0.29, 0.717) is 0 Å². The number of allylic oxidation sites excluding steroid dienone is 1. The average Bonchev–Trinajstić information content (AvgIpc) is 3.57. The number of anilines is 3. The van der Waals surface area contributed by atoms with Gasteiger partial charge in [-0.3, -0.25) is 0 Å². The molecule has 9 rings (SSSR count). The van der Waals surface area contributed by atoms with Crippen molar-refractivity contribution in [2.75, 3.05) is 4.90 Å². The molecule has 0 saturated heterocycles. The average molecular weight is 652 g/mol. The number of hydrogen-bond acceptors (Lipinski definition) is 2. The summed E-state index contributed by atoms with van der Waals surface area (Å²) in [6.07, 6.45) is 9.38. The van der Waals surface area contributed by atoms with Crippen LogP contribution in [0.3, 0.4) is 0 Å². The minimum Gasteiger partial charge on any atom is -0.456 e. The Balaban J connectivity index is 1.18. The third kappa shape index (κ3) is 5.33. The molecule has 51 heavy (non-hydrogen) atoms. The molecule has 1 heterocycles. The molecule has 9 aromatic rings. The van der Waals surface area contributed by atoms with Gasteiger partial charge in [0.2, 0.25) is 0 Å². The van der Waals surface area contributed by atoms with Gasteiger partial charge in [0.1, 0.15) is 11.2 Å². The van der Waals surface area contributed by atoms with Gasteiger partial charge in [-0.25, -0.2) is 0 Å². The lowest BCUT2D eigenvalue weighted by molar-refractivity contribution is 0.669. The van der Waals surface area contributed by atoms with Crippen molar-refractivity contribution in [3.63, 3.8) is 0 Å². The number of para-hydroxylation sites is 1. The van der Waals surface area contributed by atoms with E-state index >= 15 is 0 Å². The maximum absolute atomic E-state index is 6.35. The smallest absolute Gasteiger partial charge is 0.137 e. The number of nitrogens with zero attached hydrogens (tertiary/aromatic N) is 1. The maximum atomic E-state index is 6.35. The van der Waals surface area contributed by atoms with E-state index in [1.54, 1.807) is 6.08 Å². The Morgan fingerprint density at radius 3 is 1.94 bits per heavy atom. The largest absolute Gasteiger partial charge is 0.456 e. The topological polar surface area (TPSA) is 16.4 Å². The Morgan fingerprint density at radius 1 is 0.549 bits per heavy atom. The highest BCUT2D eigenvalue weighted by molar-refractivity contribution is 6.13. The van der Waals surface area contributed by atoms with Gasteiger partial charge in [-0.2, -0.15) is 0 Å². The van der Waals surface area contributed by atoms with Crippen molar-refractivity contribution in [2.45, 2.75) is 6.92 Å². The lowest BCUT2D eigenvalue weighted by Gasteiger charge is -2.27. The van der Waals surface area contributed by atoms with E-state index < -0.39 is 0 Å². The van der Waals surface area contributed by atoms with Gasteiger partial charge < -0.3 is 9.32 Å². The molecule has 0 atom stereocenters. The Kier molecular flexibility index (Phi) is 7.46. The van der Waals surface area contributed by atoms with E-state index in [4.69, 9.17) is 10.8 Å². The van der Waals surface area contributed by atoms with Crippen molar-refractivity contribution >= 4 is 66.6 Å². The quantitative estimate of drug-likeness (QED) is 0.166. The molecule has 0 unspecified atom stereocenters. The lowest BCUT2D eigenvalue weighted by Crippen LogP contribution is -2.10. The Bertz CT molecular complexity index is 2810. The van der Waals surface area contributed by atoms with Crippen LogP contribution in [-0.4, -0.2) is 0 Å². The zero-order chi connectivity index (χ0) is 34.3. The fourth-order valence-corrected chi connectivity index (χ4v) is 7.46. The fraction of sp³-hybridized carbons (Fsp3) is 0.0204. The second-order valence-electron chi connectivity index (χ2n) is 12.9. The first-order valence-electron chi connectivity index (χ1n) is 17.2. The van der Waals surface area contributed by atoms with Crippen LogP contribution >= 0.6 is 0 Å². The van der Waals surface area contributed by atoms with Crippen LogP contribution in [0.2, 0.25) is 0 Å². The molecule has 2 nitrogen and oxygen atoms in total. The second-order valence-corrected chi connectivity index (χ2v) is 12.9. The molecular formula is C49H33NO. The van der Waals surface area contributed by atoms with Crippen LogP contribution in [-0.2, 0) is 0 Å². The zero-order valence-corrected chi connectivity index (χ0v) is 28.2. The van der Waals surface area contributed by atoms with Crippen LogP contribution < -0.4 is 4.90 Å². The molecule has 0 aliphatic carbocycles. The zero-order valence-electron chi connectivity index (χ0n) is 28.2. The van der Waals surface area contributed by atoms with E-state index in [2.05, 4.69) is 169 Å². The van der Waals surface area contributed by atoms with Crippen molar-refractivity contribution in [1.82, 2.24) is 0 Å². The number of fused-ring (bicyclic) bond motifs is 5. The minimum atomic E-state index is 0.865. The van der Waals surface area contributed by atoms with Crippen LogP contribution in [0.25, 0.3) is 71.8 Å². The van der Waals surface area contributed by atoms with Gasteiger partial charge in [0.25, 0.3) is 0 Å². The molecule has 0 N–H and O–H groups in total. The molecule has 0 radical (unpaired) electrons. The normalized spacial score (nSPS) is 11.5. The first kappa shape index (κ1) is 30.3. The third-order valence-electron chi connectivity index (χ3n) is 9.91. The molecule has 0 aliphatic heterocycles. The highest BCUT2D eigenvalue weighted by Crippen LogP contribution is 2.44. The number of furan rings is 1. The summed E-state index contributed by atoms with van der Waals surface area (Å²) in [5, 5.41) is 7.05. The molecule has 0 aliphatic rings. The summed E-state index contributed by atoms with van der Waals surface area (Å²) < 4.78 is 6.35. The Labute approximate surface area is 297 Å². The van der Waals surface area contributed by atoms with Crippen LogP contribution in [0.15, 0.2) is 174 Å². The maximum Gasteiger partial charge on any atom is 0.137 e. The van der Waals surface area contributed by atoms with Crippen molar-refractivity contribution in [1.29, 1.82) is 0 Å². The summed E-state index contributed by atoms with van der Waals surface area (Å²) in [6.45, 7) is 2.15. The van der Waals surface area contributed by atoms with Gasteiger partial charge in [0, 0.05) is 16.8 Å². The standard InChI is InChI=1S/C49H33NO/c1-3-4-14-41-33(2)31-45(43-16-8-7-15-42(41)43)36-25-29-40(30-26-36)50(46-18-11-20-48-49(46)44-17-9-10-19-47(44)51-48)39-27-23-35(24-28-39)38-22-21-34-12-5-6-13-37(34)32-38/h1,4-32H,2H3/b14-4-. The molecule has 2 heteroatoms. The molecule has 0 spiro atoms. The minimum absolute atomic E-state index is 0.865. The number of aryl methyl sites for hydroxylation is 1. The van der Waals surface area contributed by atoms with Crippen molar-refractivity contribution in [3.8, 4) is 34.6 Å². The monoisotopic (exact) mass is 651 g/mol. The van der Waals surface area contributed by atoms with E-state index in [1.807, 2.05) is 18.2 Å². The molecule has 1 aromatic heterocycles. The number of terminal acetylenes is 1. The van der Waals surface area contributed by atoms with Gasteiger partial charge in [0.15, 0.2) is 0 Å².